The van der Waals surface area contributed by atoms with Crippen LogP contribution in [-0.2, 0) is 16.8 Å². The van der Waals surface area contributed by atoms with Gasteiger partial charge in [-0.2, -0.15) is 0 Å². The molecule has 0 spiro atoms. The van der Waals surface area contributed by atoms with E-state index in [9.17, 15) is 4.79 Å². The van der Waals surface area contributed by atoms with Gasteiger partial charge >= 0.3 is 0 Å². The lowest BCUT2D eigenvalue weighted by Crippen LogP contribution is -2.41. The van der Waals surface area contributed by atoms with Crippen LogP contribution in [0.5, 0.6) is 5.75 Å². The van der Waals surface area contributed by atoms with Gasteiger partial charge in [-0.05, 0) is 98.2 Å². The number of hydrogen-bond donors (Lipinski definition) is 1. The first-order valence-corrected chi connectivity index (χ1v) is 14.1. The van der Waals surface area contributed by atoms with Crippen molar-refractivity contribution in [2.45, 2.75) is 78.1 Å². The summed E-state index contributed by atoms with van der Waals surface area (Å²) in [5, 5.41) is 14.1. The number of ether oxygens (including phenoxy) is 2. The first kappa shape index (κ1) is 28.0. The normalized spacial score (nSPS) is 16.6. The van der Waals surface area contributed by atoms with Crippen molar-refractivity contribution >= 4 is 10.9 Å². The lowest BCUT2D eigenvalue weighted by molar-refractivity contribution is 0.0562. The highest BCUT2D eigenvalue weighted by Crippen LogP contribution is 2.33. The fraction of sp³-hybridized carbons (Fsp3) is 0.484. The van der Waals surface area contributed by atoms with Gasteiger partial charge in [0.2, 0.25) is 0 Å². The molecule has 40 heavy (non-hydrogen) atoms. The van der Waals surface area contributed by atoms with Crippen LogP contribution in [0.2, 0.25) is 0 Å². The summed E-state index contributed by atoms with van der Waals surface area (Å²) in [4.78, 5) is 19.4. The van der Waals surface area contributed by atoms with E-state index < -0.39 is 6.04 Å². The molecule has 212 valence electrons. The number of H-pyrrole nitrogens is 1. The highest BCUT2D eigenvalue weighted by molar-refractivity contribution is 5.83. The summed E-state index contributed by atoms with van der Waals surface area (Å²) in [5.41, 5.74) is 4.23. The van der Waals surface area contributed by atoms with Gasteiger partial charge in [0.1, 0.15) is 11.8 Å². The van der Waals surface area contributed by atoms with Gasteiger partial charge in [0.15, 0.2) is 5.82 Å². The van der Waals surface area contributed by atoms with Gasteiger partial charge in [-0.15, -0.1) is 5.10 Å². The van der Waals surface area contributed by atoms with Crippen LogP contribution < -0.4 is 10.3 Å². The van der Waals surface area contributed by atoms with E-state index >= 15 is 0 Å². The van der Waals surface area contributed by atoms with E-state index in [1.54, 1.807) is 7.11 Å². The van der Waals surface area contributed by atoms with Crippen molar-refractivity contribution in [2.75, 3.05) is 20.3 Å². The number of aryl methyl sites for hydroxylation is 2. The monoisotopic (exact) mass is 544 g/mol. The van der Waals surface area contributed by atoms with Crippen LogP contribution in [0.25, 0.3) is 10.9 Å². The SMILES string of the molecule is CCC(C)(C)n1nnnc1[C@@H](c1cc2cc(C)cc(C)c2[nH]c1=O)N(Cc1cccc(OC)c1)C[C@H]1CCCO1. The third kappa shape index (κ3) is 5.67. The van der Waals surface area contributed by atoms with E-state index in [4.69, 9.17) is 9.47 Å². The van der Waals surface area contributed by atoms with Crippen LogP contribution in [0.15, 0.2) is 47.3 Å². The minimum Gasteiger partial charge on any atom is -0.497 e. The van der Waals surface area contributed by atoms with Crippen molar-refractivity contribution in [3.8, 4) is 5.75 Å². The quantitative estimate of drug-likeness (QED) is 0.298. The third-order valence-electron chi connectivity index (χ3n) is 8.14. The second-order valence-corrected chi connectivity index (χ2v) is 11.5. The first-order valence-electron chi connectivity index (χ1n) is 14.1. The zero-order chi connectivity index (χ0) is 28.4. The van der Waals surface area contributed by atoms with Crippen LogP contribution in [0.4, 0.5) is 0 Å². The standard InChI is InChI=1S/C31H40N6O3/c1-7-31(4,5)37-29(33-34-35-37)28(26-17-23-15-20(2)14-21(3)27(23)32-30(26)38)36(19-25-12-9-13-40-25)18-22-10-8-11-24(16-22)39-6/h8,10-11,14-17,25,28H,7,9,12-13,18-19H2,1-6H3,(H,32,38)/t25-,28-/m1/s1. The van der Waals surface area contributed by atoms with E-state index in [1.165, 1.54) is 0 Å². The predicted molar refractivity (Wildman–Crippen MR) is 156 cm³/mol. The fourth-order valence-corrected chi connectivity index (χ4v) is 5.67. The van der Waals surface area contributed by atoms with E-state index in [1.807, 2.05) is 35.9 Å². The number of methoxy groups -OCH3 is 1. The molecule has 2 atom stereocenters. The van der Waals surface area contributed by atoms with Gasteiger partial charge in [0, 0.05) is 25.3 Å². The van der Waals surface area contributed by atoms with Crippen molar-refractivity contribution in [1.82, 2.24) is 30.1 Å². The predicted octanol–water partition coefficient (Wildman–Crippen LogP) is 5.06. The minimum absolute atomic E-state index is 0.0562. The number of benzene rings is 2. The number of aromatic nitrogens is 5. The lowest BCUT2D eigenvalue weighted by atomic mass is 9.97. The molecule has 2 aromatic carbocycles. The van der Waals surface area contributed by atoms with Crippen molar-refractivity contribution in [1.29, 1.82) is 0 Å². The number of nitrogens with zero attached hydrogens (tertiary/aromatic N) is 5. The second-order valence-electron chi connectivity index (χ2n) is 11.5. The van der Waals surface area contributed by atoms with Crippen LogP contribution in [0, 0.1) is 13.8 Å². The number of aromatic amines is 1. The molecule has 0 saturated carbocycles. The molecule has 0 radical (unpaired) electrons. The molecule has 1 fully saturated rings. The molecule has 4 aromatic rings. The average molecular weight is 545 g/mol. The Bertz CT molecular complexity index is 1540. The van der Waals surface area contributed by atoms with Gasteiger partial charge in [0.05, 0.1) is 24.3 Å². The molecule has 0 unspecified atom stereocenters. The Kier molecular flexibility index (Phi) is 8.05. The van der Waals surface area contributed by atoms with Gasteiger partial charge in [0.25, 0.3) is 5.56 Å². The molecule has 0 amide bonds. The second kappa shape index (κ2) is 11.5. The van der Waals surface area contributed by atoms with Gasteiger partial charge in [-0.3, -0.25) is 9.69 Å². The van der Waals surface area contributed by atoms with E-state index in [0.717, 1.165) is 59.2 Å². The Morgan fingerprint density at radius 1 is 1.23 bits per heavy atom. The molecule has 0 bridgehead atoms. The molecule has 1 aliphatic rings. The lowest BCUT2D eigenvalue weighted by Gasteiger charge is -2.35. The number of nitrogens with one attached hydrogen (secondary N) is 1. The zero-order valence-corrected chi connectivity index (χ0v) is 24.4. The summed E-state index contributed by atoms with van der Waals surface area (Å²) in [6.45, 7) is 12.4. The summed E-state index contributed by atoms with van der Waals surface area (Å²) in [6.07, 6.45) is 2.88. The van der Waals surface area contributed by atoms with Gasteiger partial charge < -0.3 is 14.5 Å². The molecule has 2 aromatic heterocycles. The number of rotatable bonds is 10. The zero-order valence-electron chi connectivity index (χ0n) is 24.4. The molecule has 1 N–H and O–H groups in total. The topological polar surface area (TPSA) is 98.2 Å². The molecule has 9 heteroatoms. The Hall–Kier alpha value is -3.56. The van der Waals surface area contributed by atoms with Crippen LogP contribution in [-0.4, -0.2) is 56.5 Å². The summed E-state index contributed by atoms with van der Waals surface area (Å²) < 4.78 is 13.5. The van der Waals surface area contributed by atoms with Crippen LogP contribution >= 0.6 is 0 Å². The number of pyridine rings is 1. The van der Waals surface area contributed by atoms with E-state index in [-0.39, 0.29) is 17.2 Å². The maximum Gasteiger partial charge on any atom is 0.253 e. The summed E-state index contributed by atoms with van der Waals surface area (Å²) >= 11 is 0. The maximum atomic E-state index is 13.9. The largest absolute Gasteiger partial charge is 0.497 e. The Labute approximate surface area is 235 Å². The Morgan fingerprint density at radius 3 is 2.77 bits per heavy atom. The van der Waals surface area contributed by atoms with Crippen molar-refractivity contribution in [3.05, 3.63) is 80.9 Å². The molecule has 9 nitrogen and oxygen atoms in total. The molecule has 3 heterocycles. The van der Waals surface area contributed by atoms with E-state index in [2.05, 4.69) is 71.3 Å². The Morgan fingerprint density at radius 2 is 2.05 bits per heavy atom. The number of fused-ring (bicyclic) bond motifs is 1. The Balaban J connectivity index is 1.72. The summed E-state index contributed by atoms with van der Waals surface area (Å²) in [6, 6.07) is 13.8. The highest BCUT2D eigenvalue weighted by atomic mass is 16.5. The summed E-state index contributed by atoms with van der Waals surface area (Å²) in [7, 11) is 1.67. The average Bonchev–Trinajstić information content (AvgIpc) is 3.63. The molecular weight excluding hydrogens is 504 g/mol. The van der Waals surface area contributed by atoms with Gasteiger partial charge in [-0.25, -0.2) is 4.68 Å². The smallest absolute Gasteiger partial charge is 0.253 e. The number of tetrazole rings is 1. The van der Waals surface area contributed by atoms with Crippen molar-refractivity contribution in [3.63, 3.8) is 0 Å². The molecular formula is C31H40N6O3. The molecule has 0 aliphatic carbocycles. The molecule has 1 saturated heterocycles. The van der Waals surface area contributed by atoms with Gasteiger partial charge in [-0.1, -0.05) is 30.7 Å². The van der Waals surface area contributed by atoms with Crippen LogP contribution in [0.3, 0.4) is 0 Å². The fourth-order valence-electron chi connectivity index (χ4n) is 5.67. The first-order chi connectivity index (χ1) is 19.2. The third-order valence-corrected chi connectivity index (χ3v) is 8.14. The van der Waals surface area contributed by atoms with Crippen molar-refractivity contribution < 1.29 is 9.47 Å². The maximum absolute atomic E-state index is 13.9. The molecule has 1 aliphatic heterocycles. The summed E-state index contributed by atoms with van der Waals surface area (Å²) in [5.74, 6) is 1.43. The minimum atomic E-state index is -0.509. The van der Waals surface area contributed by atoms with E-state index in [0.29, 0.717) is 24.5 Å². The molecule has 5 rings (SSSR count). The van der Waals surface area contributed by atoms with Crippen LogP contribution in [0.1, 0.15) is 74.2 Å². The van der Waals surface area contributed by atoms with Crippen molar-refractivity contribution in [2.24, 2.45) is 0 Å². The highest BCUT2D eigenvalue weighted by Gasteiger charge is 2.36. The number of hydrogen-bond acceptors (Lipinski definition) is 7.